The number of aromatic nitrogens is 2. The molecule has 10 nitrogen and oxygen atoms in total. The molecular weight excluding hydrogens is 572 g/mol. The van der Waals surface area contributed by atoms with Gasteiger partial charge in [0.2, 0.25) is 11.0 Å². The van der Waals surface area contributed by atoms with E-state index in [2.05, 4.69) is 21.6 Å². The van der Waals surface area contributed by atoms with Crippen molar-refractivity contribution in [1.82, 2.24) is 10.2 Å². The molecule has 202 valence electrons. The monoisotopic (exact) mass is 592 g/mol. The van der Waals surface area contributed by atoms with E-state index in [9.17, 15) is 19.6 Å². The predicted octanol–water partition coefficient (Wildman–Crippen LogP) is 4.93. The van der Waals surface area contributed by atoms with Crippen molar-refractivity contribution in [3.63, 3.8) is 0 Å². The van der Waals surface area contributed by atoms with Gasteiger partial charge in [0.15, 0.2) is 10.1 Å². The van der Waals surface area contributed by atoms with Gasteiger partial charge in [0.25, 0.3) is 0 Å². The summed E-state index contributed by atoms with van der Waals surface area (Å²) < 4.78 is 0.496. The summed E-state index contributed by atoms with van der Waals surface area (Å²) >= 11 is 8.85. The molecule has 1 unspecified atom stereocenters. The number of benzene rings is 2. The Hall–Kier alpha value is -4.18. The van der Waals surface area contributed by atoms with Crippen molar-refractivity contribution in [3.05, 3.63) is 87.3 Å². The lowest BCUT2D eigenvalue weighted by Gasteiger charge is -2.38. The van der Waals surface area contributed by atoms with E-state index in [1.807, 2.05) is 6.07 Å². The van der Waals surface area contributed by atoms with Crippen LogP contribution in [0.2, 0.25) is 5.02 Å². The Bertz CT molecular complexity index is 1630. The molecule has 40 heavy (non-hydrogen) atoms. The largest absolute Gasteiger partial charge is 0.478 e. The van der Waals surface area contributed by atoms with Crippen LogP contribution in [0.25, 0.3) is 0 Å². The van der Waals surface area contributed by atoms with Gasteiger partial charge in [-0.05, 0) is 48.7 Å². The van der Waals surface area contributed by atoms with Crippen molar-refractivity contribution >= 4 is 63.2 Å². The molecule has 1 aromatic heterocycles. The number of nitrogens with one attached hydrogen (secondary N) is 1. The highest BCUT2D eigenvalue weighted by atomic mass is 35.5. The van der Waals surface area contributed by atoms with Crippen molar-refractivity contribution in [2.45, 2.75) is 29.5 Å². The lowest BCUT2D eigenvalue weighted by Crippen LogP contribution is -2.38. The van der Waals surface area contributed by atoms with Crippen LogP contribution in [0.1, 0.15) is 41.1 Å². The van der Waals surface area contributed by atoms with Gasteiger partial charge in [-0.3, -0.25) is 14.5 Å². The molecule has 0 saturated carbocycles. The van der Waals surface area contributed by atoms with Crippen molar-refractivity contribution in [2.75, 3.05) is 16.0 Å². The van der Waals surface area contributed by atoms with Gasteiger partial charge in [0.1, 0.15) is 5.82 Å². The molecule has 5 rings (SSSR count). The molecule has 4 N–H and O–H groups in total. The van der Waals surface area contributed by atoms with Gasteiger partial charge < -0.3 is 16.2 Å². The first-order valence-electron chi connectivity index (χ1n) is 12.1. The molecular formula is C27H21ClN6O4S2. The number of allylic oxidation sites excluding steroid dienone is 3. The van der Waals surface area contributed by atoms with E-state index in [0.717, 1.165) is 0 Å². The van der Waals surface area contributed by atoms with Crippen molar-refractivity contribution in [3.8, 4) is 6.07 Å². The highest BCUT2D eigenvalue weighted by Crippen LogP contribution is 2.48. The molecule has 1 atom stereocenters. The van der Waals surface area contributed by atoms with Crippen LogP contribution in [0.15, 0.2) is 75.5 Å². The zero-order valence-electron chi connectivity index (χ0n) is 20.8. The van der Waals surface area contributed by atoms with E-state index in [0.29, 0.717) is 56.3 Å². The van der Waals surface area contributed by atoms with Crippen LogP contribution in [0, 0.1) is 11.3 Å². The molecule has 2 heterocycles. The average Bonchev–Trinajstić information content (AvgIpc) is 3.40. The number of ketones is 1. The number of carboxylic acid groups (broad SMARTS) is 1. The normalized spacial score (nSPS) is 16.9. The van der Waals surface area contributed by atoms with Crippen LogP contribution < -0.4 is 16.0 Å². The minimum absolute atomic E-state index is 0.0328. The smallest absolute Gasteiger partial charge is 0.335 e. The summed E-state index contributed by atoms with van der Waals surface area (Å²) in [4.78, 5) is 38.3. The predicted molar refractivity (Wildman–Crippen MR) is 152 cm³/mol. The number of Topliss-reactive ketones (excluding diaryl/α,β-unsaturated/α-hetero) is 1. The number of carbonyl (C=O) groups is 3. The molecule has 0 fully saturated rings. The summed E-state index contributed by atoms with van der Waals surface area (Å²) in [5.74, 6) is -1.90. The average molecular weight is 593 g/mol. The number of hydrogen-bond donors (Lipinski definition) is 3. The summed E-state index contributed by atoms with van der Waals surface area (Å²) in [5.41, 5.74) is 9.17. The number of carbonyl (C=O) groups excluding carboxylic acids is 2. The first-order chi connectivity index (χ1) is 19.3. The third kappa shape index (κ3) is 5.31. The number of aromatic carboxylic acids is 1. The number of nitrogens with two attached hydrogens (primary N) is 1. The lowest BCUT2D eigenvalue weighted by atomic mass is 9.76. The first-order valence-corrected chi connectivity index (χ1v) is 14.3. The fourth-order valence-corrected chi connectivity index (χ4v) is 6.62. The zero-order valence-corrected chi connectivity index (χ0v) is 23.1. The second-order valence-electron chi connectivity index (χ2n) is 8.91. The third-order valence-corrected chi connectivity index (χ3v) is 8.84. The van der Waals surface area contributed by atoms with Crippen molar-refractivity contribution < 1.29 is 19.5 Å². The maximum absolute atomic E-state index is 13.2. The second-order valence-corrected chi connectivity index (χ2v) is 11.5. The van der Waals surface area contributed by atoms with Gasteiger partial charge in [-0.25, -0.2) is 4.79 Å². The minimum atomic E-state index is -1.05. The molecule has 13 heteroatoms. The second kappa shape index (κ2) is 11.5. The summed E-state index contributed by atoms with van der Waals surface area (Å²) in [6.45, 7) is 0. The first kappa shape index (κ1) is 27.4. The van der Waals surface area contributed by atoms with Gasteiger partial charge in [-0.1, -0.05) is 52.9 Å². The van der Waals surface area contributed by atoms with E-state index in [1.54, 1.807) is 23.1 Å². The van der Waals surface area contributed by atoms with Gasteiger partial charge in [0, 0.05) is 28.4 Å². The van der Waals surface area contributed by atoms with Crippen molar-refractivity contribution in [2.24, 2.45) is 5.73 Å². The Labute approximate surface area is 242 Å². The quantitative estimate of drug-likeness (QED) is 0.321. The zero-order chi connectivity index (χ0) is 28.4. The highest BCUT2D eigenvalue weighted by Gasteiger charge is 2.41. The molecule has 1 aliphatic carbocycles. The summed E-state index contributed by atoms with van der Waals surface area (Å²) in [7, 11) is 0. The standard InChI is InChI=1S/C27H21ClN6O4S2/c28-18-5-2-1-4-16(18)22-17(12-29)24(30)34(19-6-3-7-20(35)23(19)22)26-32-33-27(40-26)39-13-21(36)31-15-10-8-14(9-11-15)25(37)38/h1-2,4-5,8-11,22H,3,6-7,13,30H2,(H,31,36)(H,37,38). The molecule has 3 aromatic rings. The van der Waals surface area contributed by atoms with E-state index in [4.69, 9.17) is 22.4 Å². The Balaban J connectivity index is 1.38. The molecule has 2 aromatic carbocycles. The summed E-state index contributed by atoms with van der Waals surface area (Å²) in [6.07, 6.45) is 1.55. The summed E-state index contributed by atoms with van der Waals surface area (Å²) in [6, 6.07) is 15.1. The number of nitriles is 1. The lowest BCUT2D eigenvalue weighted by molar-refractivity contribution is -0.116. The van der Waals surface area contributed by atoms with Crippen LogP contribution in [-0.2, 0) is 9.59 Å². The van der Waals surface area contributed by atoms with E-state index in [1.165, 1.54) is 47.4 Å². The number of amides is 1. The number of rotatable bonds is 7. The van der Waals surface area contributed by atoms with E-state index >= 15 is 0 Å². The molecule has 1 aliphatic heterocycles. The molecule has 2 aliphatic rings. The van der Waals surface area contributed by atoms with Crippen LogP contribution in [-0.4, -0.2) is 38.7 Å². The maximum Gasteiger partial charge on any atom is 0.335 e. The highest BCUT2D eigenvalue weighted by molar-refractivity contribution is 8.01. The third-order valence-electron chi connectivity index (χ3n) is 6.46. The Kier molecular flexibility index (Phi) is 7.88. The molecule has 1 amide bonds. The number of carboxylic acids is 1. The Morgan fingerprint density at radius 2 is 1.95 bits per heavy atom. The number of hydrogen-bond acceptors (Lipinski definition) is 10. The van der Waals surface area contributed by atoms with Crippen LogP contribution in [0.5, 0.6) is 0 Å². The fourth-order valence-electron chi connectivity index (χ4n) is 4.70. The van der Waals surface area contributed by atoms with Crippen LogP contribution in [0.4, 0.5) is 10.8 Å². The summed E-state index contributed by atoms with van der Waals surface area (Å²) in [5, 5.41) is 31.1. The van der Waals surface area contributed by atoms with Crippen molar-refractivity contribution in [1.29, 1.82) is 5.26 Å². The van der Waals surface area contributed by atoms with Crippen LogP contribution >= 0.6 is 34.7 Å². The van der Waals surface area contributed by atoms with Gasteiger partial charge in [0.05, 0.1) is 28.9 Å². The fraction of sp³-hybridized carbons (Fsp3) is 0.185. The number of nitrogens with zero attached hydrogens (tertiary/aromatic N) is 4. The molecule has 0 radical (unpaired) electrons. The topological polar surface area (TPSA) is 162 Å². The number of anilines is 2. The maximum atomic E-state index is 13.2. The van der Waals surface area contributed by atoms with Gasteiger partial charge >= 0.3 is 5.97 Å². The van der Waals surface area contributed by atoms with E-state index in [-0.39, 0.29) is 34.4 Å². The van der Waals surface area contributed by atoms with Crippen LogP contribution in [0.3, 0.4) is 0 Å². The minimum Gasteiger partial charge on any atom is -0.478 e. The Morgan fingerprint density at radius 3 is 2.65 bits per heavy atom. The SMILES string of the molecule is N#CC1=C(N)N(c2nnc(SCC(=O)Nc3ccc(C(=O)O)cc3)s2)C2=C(C(=O)CCC2)C1c1ccccc1Cl. The molecule has 0 spiro atoms. The number of thioether (sulfide) groups is 1. The van der Waals surface area contributed by atoms with Gasteiger partial charge in [-0.2, -0.15) is 5.26 Å². The molecule has 0 bridgehead atoms. The van der Waals surface area contributed by atoms with Gasteiger partial charge in [-0.15, -0.1) is 10.2 Å². The molecule has 0 saturated heterocycles. The number of halogens is 1. The van der Waals surface area contributed by atoms with E-state index < -0.39 is 11.9 Å². The Morgan fingerprint density at radius 1 is 1.20 bits per heavy atom.